The Labute approximate surface area is 157 Å². The number of nitrogens with one attached hydrogen (secondary N) is 1. The second-order valence-electron chi connectivity index (χ2n) is 6.09. The monoisotopic (exact) mass is 370 g/mol. The molecule has 7 heteroatoms. The van der Waals surface area contributed by atoms with Crippen LogP contribution in [0.1, 0.15) is 29.8 Å². The van der Waals surface area contributed by atoms with Crippen LogP contribution in [0.2, 0.25) is 0 Å². The Morgan fingerprint density at radius 2 is 1.67 bits per heavy atom. The van der Waals surface area contributed by atoms with E-state index in [9.17, 15) is 14.4 Å². The van der Waals surface area contributed by atoms with Crippen LogP contribution in [-0.2, 0) is 14.3 Å². The average molecular weight is 370 g/mol. The predicted octanol–water partition coefficient (Wildman–Crippen LogP) is 2.43. The largest absolute Gasteiger partial charge is 0.479 e. The number of rotatable bonds is 7. The van der Waals surface area contributed by atoms with Gasteiger partial charge in [-0.25, -0.2) is 4.79 Å². The van der Waals surface area contributed by atoms with Crippen molar-refractivity contribution in [3.8, 4) is 5.75 Å². The summed E-state index contributed by atoms with van der Waals surface area (Å²) in [5.74, 6) is -1.16. The highest BCUT2D eigenvalue weighted by molar-refractivity contribution is 5.96. The van der Waals surface area contributed by atoms with Crippen LogP contribution in [0, 0.1) is 6.92 Å². The van der Waals surface area contributed by atoms with Crippen molar-refractivity contribution in [2.75, 3.05) is 5.32 Å². The van der Waals surface area contributed by atoms with E-state index in [2.05, 4.69) is 5.32 Å². The number of amides is 2. The second-order valence-corrected chi connectivity index (χ2v) is 6.09. The quantitative estimate of drug-likeness (QED) is 0.728. The summed E-state index contributed by atoms with van der Waals surface area (Å²) in [6.45, 7) is 4.93. The van der Waals surface area contributed by atoms with E-state index in [0.717, 1.165) is 5.56 Å². The van der Waals surface area contributed by atoms with Gasteiger partial charge in [0.15, 0.2) is 12.2 Å². The predicted molar refractivity (Wildman–Crippen MR) is 100 cm³/mol. The van der Waals surface area contributed by atoms with E-state index in [1.807, 2.05) is 19.1 Å². The van der Waals surface area contributed by atoms with Crippen LogP contribution in [0.3, 0.4) is 0 Å². The summed E-state index contributed by atoms with van der Waals surface area (Å²) in [6, 6.07) is 13.3. The maximum atomic E-state index is 12.2. The molecule has 0 saturated heterocycles. The van der Waals surface area contributed by atoms with Crippen molar-refractivity contribution in [3.63, 3.8) is 0 Å². The van der Waals surface area contributed by atoms with Crippen LogP contribution >= 0.6 is 0 Å². The molecular formula is C20H22N2O5. The molecule has 0 radical (unpaired) electrons. The lowest BCUT2D eigenvalue weighted by molar-refractivity contribution is -0.159. The minimum atomic E-state index is -1.02. The number of nitrogens with two attached hydrogens (primary N) is 1. The number of primary amides is 1. The Kier molecular flexibility index (Phi) is 6.54. The van der Waals surface area contributed by atoms with Crippen molar-refractivity contribution < 1.29 is 23.9 Å². The minimum Gasteiger partial charge on any atom is -0.479 e. The van der Waals surface area contributed by atoms with E-state index in [1.165, 1.54) is 31.2 Å². The number of ether oxygens (including phenoxy) is 2. The lowest BCUT2D eigenvalue weighted by Gasteiger charge is -2.18. The van der Waals surface area contributed by atoms with Gasteiger partial charge in [-0.2, -0.15) is 0 Å². The van der Waals surface area contributed by atoms with E-state index < -0.39 is 30.0 Å². The fourth-order valence-electron chi connectivity index (χ4n) is 2.23. The van der Waals surface area contributed by atoms with Crippen LogP contribution in [-0.4, -0.2) is 30.0 Å². The topological polar surface area (TPSA) is 108 Å². The van der Waals surface area contributed by atoms with Crippen molar-refractivity contribution in [2.45, 2.75) is 33.0 Å². The smallest absolute Gasteiger partial charge is 0.347 e. The van der Waals surface area contributed by atoms with Crippen LogP contribution < -0.4 is 15.8 Å². The molecule has 142 valence electrons. The summed E-state index contributed by atoms with van der Waals surface area (Å²) < 4.78 is 10.7. The van der Waals surface area contributed by atoms with E-state index in [-0.39, 0.29) is 0 Å². The van der Waals surface area contributed by atoms with Crippen LogP contribution in [0.25, 0.3) is 0 Å². The number of benzene rings is 2. The van der Waals surface area contributed by atoms with Gasteiger partial charge < -0.3 is 20.5 Å². The molecule has 0 aliphatic heterocycles. The number of carbonyl (C=O) groups excluding carboxylic acids is 3. The van der Waals surface area contributed by atoms with Gasteiger partial charge in [0.1, 0.15) is 5.75 Å². The zero-order valence-corrected chi connectivity index (χ0v) is 15.4. The molecule has 0 unspecified atom stereocenters. The molecule has 2 amide bonds. The molecule has 3 N–H and O–H groups in total. The van der Waals surface area contributed by atoms with E-state index >= 15 is 0 Å². The maximum Gasteiger partial charge on any atom is 0.347 e. The van der Waals surface area contributed by atoms with E-state index in [1.54, 1.807) is 19.1 Å². The first-order chi connectivity index (χ1) is 12.8. The average Bonchev–Trinajstić information content (AvgIpc) is 2.62. The fraction of sp³-hybridized carbons (Fsp3) is 0.250. The lowest BCUT2D eigenvalue weighted by atomic mass is 10.2. The number of carbonyl (C=O) groups is 3. The highest BCUT2D eigenvalue weighted by atomic mass is 16.6. The Bertz CT molecular complexity index is 833. The molecule has 7 nitrogen and oxygen atoms in total. The van der Waals surface area contributed by atoms with Gasteiger partial charge in [0.2, 0.25) is 5.91 Å². The highest BCUT2D eigenvalue weighted by Gasteiger charge is 2.23. The van der Waals surface area contributed by atoms with E-state index in [4.69, 9.17) is 15.2 Å². The van der Waals surface area contributed by atoms with Gasteiger partial charge in [0.25, 0.3) is 5.91 Å². The Hall–Kier alpha value is -3.35. The summed E-state index contributed by atoms with van der Waals surface area (Å²) >= 11 is 0. The summed E-state index contributed by atoms with van der Waals surface area (Å²) in [4.78, 5) is 35.4. The number of aryl methyl sites for hydroxylation is 1. The van der Waals surface area contributed by atoms with Gasteiger partial charge in [-0.3, -0.25) is 9.59 Å². The van der Waals surface area contributed by atoms with Crippen molar-refractivity contribution >= 4 is 23.5 Å². The summed E-state index contributed by atoms with van der Waals surface area (Å²) in [5, 5.41) is 2.60. The zero-order valence-electron chi connectivity index (χ0n) is 15.4. The number of hydrogen-bond acceptors (Lipinski definition) is 5. The second kappa shape index (κ2) is 8.84. The SMILES string of the molecule is Cc1cccc(O[C@@H](C)C(=O)O[C@H](C)C(=O)Nc2ccc(C(N)=O)cc2)c1. The summed E-state index contributed by atoms with van der Waals surface area (Å²) in [5.41, 5.74) is 6.95. The Morgan fingerprint density at radius 3 is 2.26 bits per heavy atom. The molecule has 2 rings (SSSR count). The lowest BCUT2D eigenvalue weighted by Crippen LogP contribution is -2.35. The molecule has 0 spiro atoms. The molecule has 0 saturated carbocycles. The standard InChI is InChI=1S/C20H22N2O5/c1-12-5-4-6-17(11-12)26-14(3)20(25)27-13(2)19(24)22-16-9-7-15(8-10-16)18(21)23/h4-11,13-14H,1-3H3,(H2,21,23)(H,22,24)/t13-,14+/m1/s1. The minimum absolute atomic E-state index is 0.328. The van der Waals surface area contributed by atoms with Crippen molar-refractivity contribution in [3.05, 3.63) is 59.7 Å². The zero-order chi connectivity index (χ0) is 20.0. The van der Waals surface area contributed by atoms with Crippen molar-refractivity contribution in [1.29, 1.82) is 0 Å². The summed E-state index contributed by atoms with van der Waals surface area (Å²) in [6.07, 6.45) is -1.88. The molecule has 27 heavy (non-hydrogen) atoms. The molecule has 2 aromatic carbocycles. The molecule has 0 fully saturated rings. The Balaban J connectivity index is 1.88. The molecule has 0 bridgehead atoms. The first-order valence-electron chi connectivity index (χ1n) is 8.41. The maximum absolute atomic E-state index is 12.2. The normalized spacial score (nSPS) is 12.6. The highest BCUT2D eigenvalue weighted by Crippen LogP contribution is 2.15. The van der Waals surface area contributed by atoms with Crippen molar-refractivity contribution in [2.24, 2.45) is 5.73 Å². The summed E-state index contributed by atoms with van der Waals surface area (Å²) in [7, 11) is 0. The number of hydrogen-bond donors (Lipinski definition) is 2. The van der Waals surface area contributed by atoms with Gasteiger partial charge in [-0.15, -0.1) is 0 Å². The fourth-order valence-corrected chi connectivity index (χ4v) is 2.23. The molecule has 0 heterocycles. The Morgan fingerprint density at radius 1 is 1.00 bits per heavy atom. The molecule has 0 aliphatic carbocycles. The molecule has 2 atom stereocenters. The van der Waals surface area contributed by atoms with Crippen molar-refractivity contribution in [1.82, 2.24) is 0 Å². The molecule has 0 aromatic heterocycles. The first-order valence-corrected chi connectivity index (χ1v) is 8.41. The van der Waals surface area contributed by atoms with Gasteiger partial charge in [0, 0.05) is 11.3 Å². The third kappa shape index (κ3) is 5.85. The molecule has 0 aliphatic rings. The molecular weight excluding hydrogens is 348 g/mol. The van der Waals surface area contributed by atoms with Crippen LogP contribution in [0.5, 0.6) is 5.75 Å². The van der Waals surface area contributed by atoms with Gasteiger partial charge >= 0.3 is 5.97 Å². The van der Waals surface area contributed by atoms with Gasteiger partial charge in [0.05, 0.1) is 0 Å². The third-order valence-corrected chi connectivity index (χ3v) is 3.73. The van der Waals surface area contributed by atoms with Crippen LogP contribution in [0.4, 0.5) is 5.69 Å². The van der Waals surface area contributed by atoms with Gasteiger partial charge in [-0.1, -0.05) is 12.1 Å². The third-order valence-electron chi connectivity index (χ3n) is 3.73. The first kappa shape index (κ1) is 20.0. The van der Waals surface area contributed by atoms with Crippen LogP contribution in [0.15, 0.2) is 48.5 Å². The molecule has 2 aromatic rings. The number of anilines is 1. The number of esters is 1. The van der Waals surface area contributed by atoms with Gasteiger partial charge in [-0.05, 0) is 62.7 Å². The van der Waals surface area contributed by atoms with E-state index in [0.29, 0.717) is 17.0 Å².